The van der Waals surface area contributed by atoms with E-state index < -0.39 is 0 Å². The molecule has 0 bridgehead atoms. The van der Waals surface area contributed by atoms with Crippen LogP contribution in [0.15, 0.2) is 0 Å². The summed E-state index contributed by atoms with van der Waals surface area (Å²) in [6, 6.07) is 0. The van der Waals surface area contributed by atoms with Crippen molar-refractivity contribution in [2.75, 3.05) is 0 Å². The first-order valence-corrected chi connectivity index (χ1v) is 5.24. The van der Waals surface area contributed by atoms with Crippen LogP contribution in [0, 0.1) is 5.92 Å². The number of nitrogens with one attached hydrogen (secondary N) is 1. The summed E-state index contributed by atoms with van der Waals surface area (Å²) in [6.07, 6.45) is 5.48. The van der Waals surface area contributed by atoms with Crippen LogP contribution in [-0.2, 0) is 9.59 Å². The maximum absolute atomic E-state index is 11.3. The molecule has 0 radical (unpaired) electrons. The molecule has 1 aliphatic carbocycles. The molecular formula is C10H16N2O2. The molecule has 1 unspecified atom stereocenters. The fourth-order valence-electron chi connectivity index (χ4n) is 2.83. The minimum absolute atomic E-state index is 0.0179. The van der Waals surface area contributed by atoms with Gasteiger partial charge in [-0.25, -0.2) is 0 Å². The van der Waals surface area contributed by atoms with Crippen LogP contribution in [0.2, 0.25) is 0 Å². The molecule has 1 aliphatic heterocycles. The lowest BCUT2D eigenvalue weighted by Gasteiger charge is -2.37. The zero-order valence-corrected chi connectivity index (χ0v) is 8.21. The molecule has 1 saturated carbocycles. The normalized spacial score (nSPS) is 30.3. The summed E-state index contributed by atoms with van der Waals surface area (Å²) in [4.78, 5) is 22.6. The summed E-state index contributed by atoms with van der Waals surface area (Å²) < 4.78 is 0. The Balaban J connectivity index is 2.21. The van der Waals surface area contributed by atoms with Gasteiger partial charge in [-0.15, -0.1) is 0 Å². The van der Waals surface area contributed by atoms with Gasteiger partial charge in [-0.2, -0.15) is 0 Å². The average Bonchev–Trinajstić information content (AvgIpc) is 2.44. The lowest BCUT2D eigenvalue weighted by atomic mass is 9.74. The van der Waals surface area contributed by atoms with E-state index in [1.807, 2.05) is 0 Å². The van der Waals surface area contributed by atoms with Crippen molar-refractivity contribution in [3.05, 3.63) is 0 Å². The maximum atomic E-state index is 11.3. The molecule has 3 N–H and O–H groups in total. The van der Waals surface area contributed by atoms with E-state index in [2.05, 4.69) is 5.32 Å². The highest BCUT2D eigenvalue weighted by Crippen LogP contribution is 2.39. The predicted octanol–water partition coefficient (Wildman–Crippen LogP) is 0.311. The van der Waals surface area contributed by atoms with Crippen molar-refractivity contribution in [2.24, 2.45) is 11.7 Å². The molecule has 1 spiro atoms. The van der Waals surface area contributed by atoms with Crippen molar-refractivity contribution in [3.63, 3.8) is 0 Å². The summed E-state index contributed by atoms with van der Waals surface area (Å²) in [5.41, 5.74) is 5.04. The molecule has 2 fully saturated rings. The summed E-state index contributed by atoms with van der Waals surface area (Å²) in [5, 5.41) is 2.96. The van der Waals surface area contributed by atoms with Crippen LogP contribution < -0.4 is 11.1 Å². The second kappa shape index (κ2) is 3.26. The van der Waals surface area contributed by atoms with Gasteiger partial charge in [-0.05, 0) is 12.8 Å². The first kappa shape index (κ1) is 9.49. The Hall–Kier alpha value is -1.06. The zero-order valence-electron chi connectivity index (χ0n) is 8.21. The monoisotopic (exact) mass is 196 g/mol. The third kappa shape index (κ3) is 1.38. The number of amides is 2. The summed E-state index contributed by atoms with van der Waals surface area (Å²) in [6.45, 7) is 0. The first-order chi connectivity index (χ1) is 6.64. The van der Waals surface area contributed by atoms with Crippen molar-refractivity contribution in [3.8, 4) is 0 Å². The molecule has 0 aromatic rings. The van der Waals surface area contributed by atoms with E-state index in [9.17, 15) is 9.59 Å². The summed E-state index contributed by atoms with van der Waals surface area (Å²) >= 11 is 0. The van der Waals surface area contributed by atoms with Gasteiger partial charge >= 0.3 is 0 Å². The standard InChI is InChI=1S/C10H16N2O2/c11-9(14)7-6-8(13)12-10(7)4-2-1-3-5-10/h7H,1-6H2,(H2,11,14)(H,12,13). The Labute approximate surface area is 83.2 Å². The molecule has 4 nitrogen and oxygen atoms in total. The quantitative estimate of drug-likeness (QED) is 0.633. The highest BCUT2D eigenvalue weighted by molar-refractivity contribution is 5.90. The fraction of sp³-hybridized carbons (Fsp3) is 0.800. The van der Waals surface area contributed by atoms with E-state index in [-0.39, 0.29) is 29.7 Å². The highest BCUT2D eigenvalue weighted by atomic mass is 16.2. The second-order valence-electron chi connectivity index (χ2n) is 4.42. The molecule has 2 aliphatic rings. The molecule has 0 aromatic carbocycles. The van der Waals surface area contributed by atoms with E-state index in [4.69, 9.17) is 5.73 Å². The zero-order chi connectivity index (χ0) is 10.2. The van der Waals surface area contributed by atoms with Crippen molar-refractivity contribution in [2.45, 2.75) is 44.1 Å². The van der Waals surface area contributed by atoms with Gasteiger partial charge < -0.3 is 11.1 Å². The van der Waals surface area contributed by atoms with E-state index in [1.54, 1.807) is 0 Å². The van der Waals surface area contributed by atoms with Crippen LogP contribution in [0.25, 0.3) is 0 Å². The molecule has 1 atom stereocenters. The Morgan fingerprint density at radius 3 is 2.57 bits per heavy atom. The van der Waals surface area contributed by atoms with E-state index in [0.29, 0.717) is 0 Å². The van der Waals surface area contributed by atoms with Crippen LogP contribution in [-0.4, -0.2) is 17.4 Å². The second-order valence-corrected chi connectivity index (χ2v) is 4.42. The van der Waals surface area contributed by atoms with Crippen molar-refractivity contribution >= 4 is 11.8 Å². The number of hydrogen-bond donors (Lipinski definition) is 2. The van der Waals surface area contributed by atoms with Crippen LogP contribution >= 0.6 is 0 Å². The van der Waals surface area contributed by atoms with Gasteiger partial charge in [0, 0.05) is 6.42 Å². The lowest BCUT2D eigenvalue weighted by Crippen LogP contribution is -2.51. The van der Waals surface area contributed by atoms with Crippen molar-refractivity contribution < 1.29 is 9.59 Å². The van der Waals surface area contributed by atoms with Crippen LogP contribution in [0.1, 0.15) is 38.5 Å². The maximum Gasteiger partial charge on any atom is 0.223 e. The summed E-state index contributed by atoms with van der Waals surface area (Å²) in [7, 11) is 0. The first-order valence-electron chi connectivity index (χ1n) is 5.24. The Bertz CT molecular complexity index is 269. The highest BCUT2D eigenvalue weighted by Gasteiger charge is 2.49. The van der Waals surface area contributed by atoms with Gasteiger partial charge in [0.25, 0.3) is 0 Å². The van der Waals surface area contributed by atoms with Crippen molar-refractivity contribution in [1.29, 1.82) is 0 Å². The van der Waals surface area contributed by atoms with Crippen molar-refractivity contribution in [1.82, 2.24) is 5.32 Å². The summed E-state index contributed by atoms with van der Waals surface area (Å²) in [5.74, 6) is -0.628. The fourth-order valence-corrected chi connectivity index (χ4v) is 2.83. The smallest absolute Gasteiger partial charge is 0.223 e. The van der Waals surface area contributed by atoms with Crippen LogP contribution in [0.4, 0.5) is 0 Å². The van der Waals surface area contributed by atoms with Gasteiger partial charge in [0.05, 0.1) is 11.5 Å². The molecular weight excluding hydrogens is 180 g/mol. The minimum Gasteiger partial charge on any atom is -0.369 e. The third-order valence-electron chi connectivity index (χ3n) is 3.53. The third-order valence-corrected chi connectivity index (χ3v) is 3.53. The van der Waals surface area contributed by atoms with Gasteiger partial charge in [0.1, 0.15) is 0 Å². The lowest BCUT2D eigenvalue weighted by molar-refractivity contribution is -0.125. The minimum atomic E-state index is -0.328. The number of nitrogens with two attached hydrogens (primary N) is 1. The number of primary amides is 1. The molecule has 2 rings (SSSR count). The number of rotatable bonds is 1. The number of hydrogen-bond acceptors (Lipinski definition) is 2. The van der Waals surface area contributed by atoms with Gasteiger partial charge in [-0.3, -0.25) is 9.59 Å². The molecule has 4 heteroatoms. The van der Waals surface area contributed by atoms with Crippen LogP contribution in [0.3, 0.4) is 0 Å². The van der Waals surface area contributed by atoms with E-state index in [0.717, 1.165) is 25.7 Å². The molecule has 1 heterocycles. The Morgan fingerprint density at radius 1 is 1.36 bits per heavy atom. The topological polar surface area (TPSA) is 72.2 Å². The van der Waals surface area contributed by atoms with Gasteiger partial charge in [0.15, 0.2) is 0 Å². The molecule has 1 saturated heterocycles. The Kier molecular flexibility index (Phi) is 2.21. The molecule has 0 aromatic heterocycles. The predicted molar refractivity (Wildman–Crippen MR) is 51.3 cm³/mol. The van der Waals surface area contributed by atoms with E-state index >= 15 is 0 Å². The molecule has 2 amide bonds. The van der Waals surface area contributed by atoms with E-state index in [1.165, 1.54) is 6.42 Å². The van der Waals surface area contributed by atoms with Gasteiger partial charge in [0.2, 0.25) is 11.8 Å². The molecule has 14 heavy (non-hydrogen) atoms. The Morgan fingerprint density at radius 2 is 2.00 bits per heavy atom. The van der Waals surface area contributed by atoms with Crippen LogP contribution in [0.5, 0.6) is 0 Å². The number of carbonyl (C=O) groups excluding carboxylic acids is 2. The largest absolute Gasteiger partial charge is 0.369 e. The average molecular weight is 196 g/mol. The SMILES string of the molecule is NC(=O)C1CC(=O)NC12CCCCC2. The molecule has 78 valence electrons. The van der Waals surface area contributed by atoms with Gasteiger partial charge in [-0.1, -0.05) is 19.3 Å². The number of carbonyl (C=O) groups is 2.